The fraction of sp³-hybridized carbons (Fsp3) is 0.100. The Labute approximate surface area is 98.2 Å². The van der Waals surface area contributed by atoms with Crippen molar-refractivity contribution in [1.29, 1.82) is 0 Å². The zero-order valence-electron chi connectivity index (χ0n) is 8.61. The van der Waals surface area contributed by atoms with Gasteiger partial charge in [-0.1, -0.05) is 0 Å². The summed E-state index contributed by atoms with van der Waals surface area (Å²) in [5.41, 5.74) is 13.1. The third kappa shape index (κ3) is 1.65. The van der Waals surface area contributed by atoms with Crippen molar-refractivity contribution in [3.8, 4) is 0 Å². The Morgan fingerprint density at radius 2 is 2.12 bits per heavy atom. The first kappa shape index (κ1) is 12.2. The van der Waals surface area contributed by atoms with Gasteiger partial charge >= 0.3 is 5.97 Å². The van der Waals surface area contributed by atoms with Crippen LogP contribution >= 0.6 is 12.4 Å². The Morgan fingerprint density at radius 1 is 1.44 bits per heavy atom. The number of benzene rings is 1. The van der Waals surface area contributed by atoms with E-state index in [1.807, 2.05) is 0 Å². The van der Waals surface area contributed by atoms with Gasteiger partial charge in [0.1, 0.15) is 0 Å². The third-order valence-electron chi connectivity index (χ3n) is 2.32. The first-order valence-corrected chi connectivity index (χ1v) is 4.38. The summed E-state index contributed by atoms with van der Waals surface area (Å²) in [6, 6.07) is 3.45. The number of ether oxygens (including phenoxy) is 1. The predicted molar refractivity (Wildman–Crippen MR) is 65.7 cm³/mol. The SMILES string of the molecule is COC(=O)c1c(N)c(N)cc2[nH]ccc12.Cl. The highest BCUT2D eigenvalue weighted by Gasteiger charge is 2.17. The van der Waals surface area contributed by atoms with E-state index in [1.54, 1.807) is 18.3 Å². The van der Waals surface area contributed by atoms with E-state index in [2.05, 4.69) is 9.72 Å². The summed E-state index contributed by atoms with van der Waals surface area (Å²) < 4.78 is 4.66. The monoisotopic (exact) mass is 241 g/mol. The molecule has 0 radical (unpaired) electrons. The van der Waals surface area contributed by atoms with E-state index in [-0.39, 0.29) is 18.1 Å². The van der Waals surface area contributed by atoms with E-state index in [9.17, 15) is 4.79 Å². The lowest BCUT2D eigenvalue weighted by atomic mass is 10.1. The molecular formula is C10H12ClN3O2. The summed E-state index contributed by atoms with van der Waals surface area (Å²) in [6.45, 7) is 0. The lowest BCUT2D eigenvalue weighted by molar-refractivity contribution is 0.0604. The van der Waals surface area contributed by atoms with Gasteiger partial charge in [0.25, 0.3) is 0 Å². The molecule has 0 bridgehead atoms. The molecule has 0 fully saturated rings. The fourth-order valence-electron chi connectivity index (χ4n) is 1.56. The maximum absolute atomic E-state index is 11.5. The van der Waals surface area contributed by atoms with Crippen LogP contribution in [-0.4, -0.2) is 18.1 Å². The molecular weight excluding hydrogens is 230 g/mol. The molecule has 2 aromatic rings. The second-order valence-electron chi connectivity index (χ2n) is 3.18. The topological polar surface area (TPSA) is 94.1 Å². The largest absolute Gasteiger partial charge is 0.465 e. The number of hydrogen-bond acceptors (Lipinski definition) is 4. The van der Waals surface area contributed by atoms with Crippen molar-refractivity contribution >= 4 is 40.7 Å². The highest BCUT2D eigenvalue weighted by Crippen LogP contribution is 2.29. The van der Waals surface area contributed by atoms with Crippen molar-refractivity contribution < 1.29 is 9.53 Å². The number of anilines is 2. The molecule has 0 saturated carbocycles. The third-order valence-corrected chi connectivity index (χ3v) is 2.32. The summed E-state index contributed by atoms with van der Waals surface area (Å²) >= 11 is 0. The molecule has 0 aliphatic carbocycles. The molecule has 5 N–H and O–H groups in total. The number of halogens is 1. The summed E-state index contributed by atoms with van der Waals surface area (Å²) in [6.07, 6.45) is 1.72. The van der Waals surface area contributed by atoms with Crippen molar-refractivity contribution in [2.24, 2.45) is 0 Å². The number of rotatable bonds is 1. The Morgan fingerprint density at radius 3 is 2.75 bits per heavy atom. The Bertz CT molecular complexity index is 536. The highest BCUT2D eigenvalue weighted by molar-refractivity contribution is 6.11. The van der Waals surface area contributed by atoms with Crippen molar-refractivity contribution in [3.63, 3.8) is 0 Å². The maximum atomic E-state index is 11.5. The van der Waals surface area contributed by atoms with Crippen LogP contribution in [-0.2, 0) is 4.74 Å². The summed E-state index contributed by atoms with van der Waals surface area (Å²) in [5.74, 6) is -0.482. The predicted octanol–water partition coefficient (Wildman–Crippen LogP) is 1.54. The summed E-state index contributed by atoms with van der Waals surface area (Å²) in [5, 5.41) is 0.716. The van der Waals surface area contributed by atoms with E-state index in [0.717, 1.165) is 5.52 Å². The number of aromatic nitrogens is 1. The van der Waals surface area contributed by atoms with Crippen molar-refractivity contribution in [2.45, 2.75) is 0 Å². The van der Waals surface area contributed by atoms with Gasteiger partial charge in [0, 0.05) is 17.1 Å². The first-order chi connectivity index (χ1) is 7.15. The number of H-pyrrole nitrogens is 1. The van der Waals surface area contributed by atoms with E-state index >= 15 is 0 Å². The number of carbonyl (C=O) groups excluding carboxylic acids is 1. The summed E-state index contributed by atoms with van der Waals surface area (Å²) in [7, 11) is 1.31. The second kappa shape index (κ2) is 4.32. The Hall–Kier alpha value is -1.88. The van der Waals surface area contributed by atoms with Gasteiger partial charge in [-0.3, -0.25) is 0 Å². The quantitative estimate of drug-likeness (QED) is 0.521. The standard InChI is InChI=1S/C10H11N3O2.ClH/c1-15-10(14)8-5-2-3-13-7(5)4-6(11)9(8)12;/h2-4,13H,11-12H2,1H3;1H. The minimum absolute atomic E-state index is 0. The van der Waals surface area contributed by atoms with E-state index in [1.165, 1.54) is 7.11 Å². The van der Waals surface area contributed by atoms with Crippen LogP contribution in [0.1, 0.15) is 10.4 Å². The van der Waals surface area contributed by atoms with Gasteiger partial charge in [0.15, 0.2) is 0 Å². The van der Waals surface area contributed by atoms with Crippen LogP contribution in [0.2, 0.25) is 0 Å². The van der Waals surface area contributed by atoms with E-state index < -0.39 is 5.97 Å². The molecule has 86 valence electrons. The van der Waals surface area contributed by atoms with Crippen molar-refractivity contribution in [1.82, 2.24) is 4.98 Å². The average Bonchev–Trinajstić information content (AvgIpc) is 2.66. The maximum Gasteiger partial charge on any atom is 0.340 e. The number of carbonyl (C=O) groups is 1. The van der Waals surface area contributed by atoms with Gasteiger partial charge in [0.2, 0.25) is 0 Å². The average molecular weight is 242 g/mol. The number of fused-ring (bicyclic) bond motifs is 1. The van der Waals surface area contributed by atoms with Crippen LogP contribution in [0, 0.1) is 0 Å². The van der Waals surface area contributed by atoms with E-state index in [0.29, 0.717) is 16.6 Å². The minimum Gasteiger partial charge on any atom is -0.465 e. The number of hydrogen-bond donors (Lipinski definition) is 3. The molecule has 16 heavy (non-hydrogen) atoms. The smallest absolute Gasteiger partial charge is 0.340 e. The Kier molecular flexibility index (Phi) is 3.29. The molecule has 1 aromatic carbocycles. The molecule has 0 saturated heterocycles. The number of methoxy groups -OCH3 is 1. The van der Waals surface area contributed by atoms with Crippen LogP contribution in [0.25, 0.3) is 10.9 Å². The normalized spacial score (nSPS) is 9.81. The molecule has 0 aliphatic rings. The molecule has 0 unspecified atom stereocenters. The van der Waals surface area contributed by atoms with E-state index in [4.69, 9.17) is 11.5 Å². The van der Waals surface area contributed by atoms with Gasteiger partial charge in [-0.15, -0.1) is 12.4 Å². The molecule has 0 amide bonds. The molecule has 6 heteroatoms. The zero-order chi connectivity index (χ0) is 11.0. The van der Waals surface area contributed by atoms with Crippen molar-refractivity contribution in [3.05, 3.63) is 23.9 Å². The Balaban J connectivity index is 0.00000128. The van der Waals surface area contributed by atoms with Gasteiger partial charge in [0.05, 0.1) is 24.0 Å². The molecule has 2 rings (SSSR count). The summed E-state index contributed by atoms with van der Waals surface area (Å²) in [4.78, 5) is 14.5. The molecule has 0 aliphatic heterocycles. The van der Waals surface area contributed by atoms with Crippen LogP contribution in [0.5, 0.6) is 0 Å². The van der Waals surface area contributed by atoms with Crippen molar-refractivity contribution in [2.75, 3.05) is 18.6 Å². The minimum atomic E-state index is -0.482. The van der Waals surface area contributed by atoms with Crippen LogP contribution in [0.3, 0.4) is 0 Å². The number of nitrogen functional groups attached to an aromatic ring is 2. The second-order valence-corrected chi connectivity index (χ2v) is 3.18. The number of nitrogens with one attached hydrogen (secondary N) is 1. The molecule has 5 nitrogen and oxygen atoms in total. The molecule has 1 heterocycles. The fourth-order valence-corrected chi connectivity index (χ4v) is 1.56. The lowest BCUT2D eigenvalue weighted by Gasteiger charge is -2.07. The van der Waals surface area contributed by atoms with Crippen LogP contribution < -0.4 is 11.5 Å². The first-order valence-electron chi connectivity index (χ1n) is 4.38. The zero-order valence-corrected chi connectivity index (χ0v) is 9.43. The number of esters is 1. The van der Waals surface area contributed by atoms with Crippen LogP contribution in [0.4, 0.5) is 11.4 Å². The number of nitrogens with two attached hydrogens (primary N) is 2. The lowest BCUT2D eigenvalue weighted by Crippen LogP contribution is -2.08. The molecule has 0 spiro atoms. The molecule has 0 atom stereocenters. The highest BCUT2D eigenvalue weighted by atomic mass is 35.5. The van der Waals surface area contributed by atoms with Gasteiger partial charge in [-0.05, 0) is 12.1 Å². The van der Waals surface area contributed by atoms with Gasteiger partial charge < -0.3 is 21.2 Å². The molecule has 1 aromatic heterocycles. The van der Waals surface area contributed by atoms with Gasteiger partial charge in [-0.2, -0.15) is 0 Å². The van der Waals surface area contributed by atoms with Gasteiger partial charge in [-0.25, -0.2) is 4.79 Å². The van der Waals surface area contributed by atoms with Crippen LogP contribution in [0.15, 0.2) is 18.3 Å². The number of aromatic amines is 1.